The molecule has 0 saturated carbocycles. The van der Waals surface area contributed by atoms with E-state index in [1.54, 1.807) is 0 Å². The third-order valence-electron chi connectivity index (χ3n) is 11.4. The lowest BCUT2D eigenvalue weighted by Crippen LogP contribution is -2.37. The standard InChI is InChI=1S/C52H100NO8P/c1-6-8-10-12-14-16-18-20-22-23-24-25-26-27-28-29-31-32-34-36-38-40-42-44-51(54)58-48-50(49-60-62(56,57)59-47-46-53(3,4)5)61-52(55)45-43-41-39-37-35-33-30-21-19-17-15-13-11-9-7-2/h17,19,36,38,50H,6-16,18,20-35,37,39-49H2,1-5H3/b19-17+,38-36+/t50-/m0/s1. The molecule has 0 N–H and O–H groups in total. The number of hydrogen-bond acceptors (Lipinski definition) is 8. The van der Waals surface area contributed by atoms with E-state index in [1.807, 2.05) is 21.1 Å². The van der Waals surface area contributed by atoms with E-state index >= 15 is 0 Å². The second-order valence-electron chi connectivity index (χ2n) is 18.9. The molecule has 0 saturated heterocycles. The van der Waals surface area contributed by atoms with Gasteiger partial charge in [-0.3, -0.25) is 14.2 Å². The summed E-state index contributed by atoms with van der Waals surface area (Å²) in [4.78, 5) is 37.7. The van der Waals surface area contributed by atoms with Crippen LogP contribution >= 0.6 is 7.82 Å². The van der Waals surface area contributed by atoms with Gasteiger partial charge in [-0.15, -0.1) is 0 Å². The summed E-state index contributed by atoms with van der Waals surface area (Å²) in [5, 5.41) is 0. The monoisotopic (exact) mass is 898 g/mol. The molecule has 62 heavy (non-hydrogen) atoms. The van der Waals surface area contributed by atoms with Gasteiger partial charge in [0, 0.05) is 12.8 Å². The molecule has 0 rings (SSSR count). The lowest BCUT2D eigenvalue weighted by atomic mass is 10.0. The van der Waals surface area contributed by atoms with Crippen LogP contribution in [0.3, 0.4) is 0 Å². The maximum Gasteiger partial charge on any atom is 0.306 e. The molecule has 0 aromatic heterocycles. The molecule has 0 aliphatic heterocycles. The zero-order valence-electron chi connectivity index (χ0n) is 41.3. The average molecular weight is 898 g/mol. The molecule has 0 aliphatic rings. The van der Waals surface area contributed by atoms with Crippen LogP contribution in [0.15, 0.2) is 24.3 Å². The highest BCUT2D eigenvalue weighted by molar-refractivity contribution is 7.45. The van der Waals surface area contributed by atoms with Gasteiger partial charge in [0.15, 0.2) is 6.10 Å². The predicted octanol–water partition coefficient (Wildman–Crippen LogP) is 14.8. The number of ether oxygens (including phenoxy) is 2. The Hall–Kier alpha value is -1.51. The third kappa shape index (κ3) is 48.0. The van der Waals surface area contributed by atoms with Gasteiger partial charge in [-0.25, -0.2) is 0 Å². The van der Waals surface area contributed by atoms with Crippen molar-refractivity contribution in [2.24, 2.45) is 0 Å². The van der Waals surface area contributed by atoms with Crippen molar-refractivity contribution in [2.75, 3.05) is 47.5 Å². The fourth-order valence-electron chi connectivity index (χ4n) is 7.36. The maximum atomic E-state index is 12.7. The van der Waals surface area contributed by atoms with Crippen molar-refractivity contribution in [3.05, 3.63) is 24.3 Å². The summed E-state index contributed by atoms with van der Waals surface area (Å²) in [5.74, 6) is -0.867. The molecule has 10 heteroatoms. The predicted molar refractivity (Wildman–Crippen MR) is 259 cm³/mol. The Kier molecular flexibility index (Phi) is 43.6. The van der Waals surface area contributed by atoms with Crippen LogP contribution < -0.4 is 4.89 Å². The first-order chi connectivity index (χ1) is 30.0. The molecule has 0 radical (unpaired) electrons. The van der Waals surface area contributed by atoms with E-state index < -0.39 is 32.5 Å². The molecule has 366 valence electrons. The molecule has 0 spiro atoms. The van der Waals surface area contributed by atoms with Gasteiger partial charge in [-0.05, 0) is 57.8 Å². The SMILES string of the molecule is CCCCCC/C=C/CCCCCCCCCC(=O)O[C@@H](COC(=O)CCC/C=C/CCCCCCCCCCCCCCCCCCCC)COP(=O)([O-])OCC[N+](C)(C)C. The third-order valence-corrected chi connectivity index (χ3v) is 12.4. The Morgan fingerprint density at radius 1 is 0.484 bits per heavy atom. The summed E-state index contributed by atoms with van der Waals surface area (Å²) in [6, 6.07) is 0. The zero-order chi connectivity index (χ0) is 45.7. The molecule has 1 unspecified atom stereocenters. The van der Waals surface area contributed by atoms with Gasteiger partial charge in [0.1, 0.15) is 19.8 Å². The van der Waals surface area contributed by atoms with Crippen LogP contribution in [-0.2, 0) is 32.7 Å². The minimum atomic E-state index is -4.63. The fraction of sp³-hybridized carbons (Fsp3) is 0.885. The highest BCUT2D eigenvalue weighted by atomic mass is 31.2. The molecular weight excluding hydrogens is 798 g/mol. The highest BCUT2D eigenvalue weighted by Gasteiger charge is 2.21. The Morgan fingerprint density at radius 2 is 0.839 bits per heavy atom. The number of quaternary nitrogens is 1. The van der Waals surface area contributed by atoms with E-state index in [9.17, 15) is 19.0 Å². The van der Waals surface area contributed by atoms with Crippen LogP contribution in [0.5, 0.6) is 0 Å². The number of phosphoric acid groups is 1. The summed E-state index contributed by atoms with van der Waals surface area (Å²) in [5.41, 5.74) is 0. The number of unbranched alkanes of at least 4 members (excludes halogenated alkanes) is 30. The van der Waals surface area contributed by atoms with E-state index in [0.717, 1.165) is 38.5 Å². The molecule has 0 amide bonds. The summed E-state index contributed by atoms with van der Waals surface area (Å²) in [7, 11) is 1.16. The van der Waals surface area contributed by atoms with Crippen molar-refractivity contribution < 1.29 is 42.1 Å². The number of esters is 2. The topological polar surface area (TPSA) is 111 Å². The van der Waals surface area contributed by atoms with Gasteiger partial charge in [0.2, 0.25) is 0 Å². The largest absolute Gasteiger partial charge is 0.756 e. The maximum absolute atomic E-state index is 12.7. The minimum absolute atomic E-state index is 0.0338. The van der Waals surface area contributed by atoms with Gasteiger partial charge in [-0.2, -0.15) is 0 Å². The zero-order valence-corrected chi connectivity index (χ0v) is 42.2. The summed E-state index contributed by atoms with van der Waals surface area (Å²) >= 11 is 0. The highest BCUT2D eigenvalue weighted by Crippen LogP contribution is 2.38. The van der Waals surface area contributed by atoms with Gasteiger partial charge < -0.3 is 27.9 Å². The second-order valence-corrected chi connectivity index (χ2v) is 20.3. The van der Waals surface area contributed by atoms with E-state index in [2.05, 4.69) is 38.2 Å². The average Bonchev–Trinajstić information content (AvgIpc) is 3.23. The number of rotatable bonds is 48. The quantitative estimate of drug-likeness (QED) is 0.0195. The fourth-order valence-corrected chi connectivity index (χ4v) is 8.09. The Labute approximate surface area is 383 Å². The molecular formula is C52H100NO8P. The number of allylic oxidation sites excluding steroid dienone is 4. The summed E-state index contributed by atoms with van der Waals surface area (Å²) < 4.78 is 34.0. The number of hydrogen-bond donors (Lipinski definition) is 0. The number of carbonyl (C=O) groups is 2. The molecule has 9 nitrogen and oxygen atoms in total. The summed E-state index contributed by atoms with van der Waals surface area (Å²) in [6.45, 7) is 4.22. The van der Waals surface area contributed by atoms with Gasteiger partial charge in [0.25, 0.3) is 7.82 Å². The van der Waals surface area contributed by atoms with Gasteiger partial charge in [0.05, 0.1) is 27.7 Å². The van der Waals surface area contributed by atoms with Crippen LogP contribution in [-0.4, -0.2) is 70.0 Å². The van der Waals surface area contributed by atoms with E-state index in [1.165, 1.54) is 167 Å². The number of phosphoric ester groups is 1. The van der Waals surface area contributed by atoms with Crippen molar-refractivity contribution >= 4 is 19.8 Å². The molecule has 2 atom stereocenters. The van der Waals surface area contributed by atoms with Crippen LogP contribution in [0.2, 0.25) is 0 Å². The molecule has 0 aromatic rings. The Morgan fingerprint density at radius 3 is 1.26 bits per heavy atom. The Bertz CT molecular complexity index is 1110. The minimum Gasteiger partial charge on any atom is -0.756 e. The molecule has 0 bridgehead atoms. The van der Waals surface area contributed by atoms with Crippen LogP contribution in [0.4, 0.5) is 0 Å². The summed E-state index contributed by atoms with van der Waals surface area (Å²) in [6.07, 6.45) is 50.8. The normalized spacial score (nSPS) is 13.6. The molecule has 0 aromatic carbocycles. The first-order valence-corrected chi connectivity index (χ1v) is 27.5. The van der Waals surface area contributed by atoms with Crippen molar-refractivity contribution in [3.63, 3.8) is 0 Å². The molecule has 0 aliphatic carbocycles. The smallest absolute Gasteiger partial charge is 0.306 e. The number of nitrogens with zero attached hydrogens (tertiary/aromatic N) is 1. The van der Waals surface area contributed by atoms with Crippen molar-refractivity contribution in [2.45, 2.75) is 251 Å². The van der Waals surface area contributed by atoms with Crippen molar-refractivity contribution in [3.8, 4) is 0 Å². The lowest BCUT2D eigenvalue weighted by molar-refractivity contribution is -0.870. The molecule has 0 heterocycles. The van der Waals surface area contributed by atoms with Gasteiger partial charge >= 0.3 is 11.9 Å². The second kappa shape index (κ2) is 44.7. The van der Waals surface area contributed by atoms with E-state index in [-0.39, 0.29) is 26.1 Å². The van der Waals surface area contributed by atoms with E-state index in [0.29, 0.717) is 23.9 Å². The first kappa shape index (κ1) is 60.5. The van der Waals surface area contributed by atoms with Crippen molar-refractivity contribution in [1.29, 1.82) is 0 Å². The van der Waals surface area contributed by atoms with E-state index in [4.69, 9.17) is 18.5 Å². The number of carbonyl (C=O) groups excluding carboxylic acids is 2. The Balaban J connectivity index is 4.21. The van der Waals surface area contributed by atoms with Crippen molar-refractivity contribution in [1.82, 2.24) is 0 Å². The molecule has 0 fully saturated rings. The van der Waals surface area contributed by atoms with Gasteiger partial charge in [-0.1, -0.05) is 199 Å². The van der Waals surface area contributed by atoms with Crippen LogP contribution in [0, 0.1) is 0 Å². The van der Waals surface area contributed by atoms with Crippen LogP contribution in [0.1, 0.15) is 245 Å². The first-order valence-electron chi connectivity index (χ1n) is 26.0. The lowest BCUT2D eigenvalue weighted by Gasteiger charge is -2.28. The number of likely N-dealkylation sites (N-methyl/N-ethyl adjacent to an activating group) is 1. The van der Waals surface area contributed by atoms with Crippen LogP contribution in [0.25, 0.3) is 0 Å².